The number of amides is 3. The number of aryl methyl sites for hydroxylation is 1. The molecule has 0 bridgehead atoms. The third kappa shape index (κ3) is 11.8. The predicted octanol–water partition coefficient (Wildman–Crippen LogP) is 0.845. The Bertz CT molecular complexity index is 825. The van der Waals surface area contributed by atoms with Crippen molar-refractivity contribution >= 4 is 29.7 Å². The maximum atomic E-state index is 12.9. The lowest BCUT2D eigenvalue weighted by atomic mass is 10.1. The molecule has 0 heterocycles. The zero-order chi connectivity index (χ0) is 26.8. The highest BCUT2D eigenvalue weighted by Gasteiger charge is 2.32. The number of hydrogen-bond donors (Lipinski definition) is 6. The largest absolute Gasteiger partial charge is 0.444 e. The number of hydrogen-bond acceptors (Lipinski definition) is 8. The van der Waals surface area contributed by atoms with Gasteiger partial charge in [0, 0.05) is 11.5 Å². The summed E-state index contributed by atoms with van der Waals surface area (Å²) in [6.07, 6.45) is -3.17. The van der Waals surface area contributed by atoms with Crippen molar-refractivity contribution in [3.05, 3.63) is 35.4 Å². The molecule has 0 unspecified atom stereocenters. The van der Waals surface area contributed by atoms with E-state index in [0.29, 0.717) is 5.75 Å². The highest BCUT2D eigenvalue weighted by molar-refractivity contribution is 7.98. The van der Waals surface area contributed by atoms with Gasteiger partial charge in [-0.15, -0.1) is 0 Å². The predicted molar refractivity (Wildman–Crippen MR) is 135 cm³/mol. The Balaban J connectivity index is 2.95. The van der Waals surface area contributed by atoms with Crippen LogP contribution < -0.4 is 16.0 Å². The third-order valence-electron chi connectivity index (χ3n) is 4.85. The molecule has 6 N–H and O–H groups in total. The van der Waals surface area contributed by atoms with Gasteiger partial charge in [-0.3, -0.25) is 9.59 Å². The Labute approximate surface area is 211 Å². The Morgan fingerprint density at radius 1 is 0.971 bits per heavy atom. The van der Waals surface area contributed by atoms with E-state index in [1.54, 1.807) is 20.8 Å². The maximum absolute atomic E-state index is 12.9. The number of aliphatic hydroxyl groups excluding tert-OH is 3. The molecular weight excluding hydrogens is 474 g/mol. The molecule has 1 rings (SSSR count). The van der Waals surface area contributed by atoms with E-state index in [9.17, 15) is 29.7 Å². The summed E-state index contributed by atoms with van der Waals surface area (Å²) < 4.78 is 5.16. The summed E-state index contributed by atoms with van der Waals surface area (Å²) in [6, 6.07) is 4.55. The highest BCUT2D eigenvalue weighted by Crippen LogP contribution is 2.15. The molecule has 0 aliphatic rings. The van der Waals surface area contributed by atoms with E-state index in [1.165, 1.54) is 25.6 Å². The van der Waals surface area contributed by atoms with Crippen molar-refractivity contribution in [1.29, 1.82) is 0 Å². The minimum absolute atomic E-state index is 0.169. The minimum Gasteiger partial charge on any atom is -0.444 e. The van der Waals surface area contributed by atoms with Gasteiger partial charge in [-0.1, -0.05) is 29.8 Å². The quantitative estimate of drug-likeness (QED) is 0.240. The summed E-state index contributed by atoms with van der Waals surface area (Å²) >= 11 is 1.40. The molecule has 0 aliphatic carbocycles. The van der Waals surface area contributed by atoms with Crippen LogP contribution in [0.5, 0.6) is 0 Å². The lowest BCUT2D eigenvalue weighted by Gasteiger charge is -2.27. The first-order chi connectivity index (χ1) is 16.2. The van der Waals surface area contributed by atoms with Crippen LogP contribution in [-0.2, 0) is 20.1 Å². The molecule has 0 aliphatic heterocycles. The van der Waals surface area contributed by atoms with Gasteiger partial charge in [0.05, 0.1) is 24.9 Å². The van der Waals surface area contributed by atoms with Crippen LogP contribution in [0.1, 0.15) is 45.7 Å². The normalized spacial score (nSPS) is 15.8. The Morgan fingerprint density at radius 3 is 2.06 bits per heavy atom. The number of benzene rings is 1. The molecule has 1 aromatic carbocycles. The monoisotopic (exact) mass is 513 g/mol. The van der Waals surface area contributed by atoms with Crippen LogP contribution >= 0.6 is 11.8 Å². The average molecular weight is 514 g/mol. The van der Waals surface area contributed by atoms with E-state index in [4.69, 9.17) is 4.74 Å². The van der Waals surface area contributed by atoms with Crippen LogP contribution in [0.3, 0.4) is 0 Å². The van der Waals surface area contributed by atoms with Gasteiger partial charge in [0.2, 0.25) is 11.8 Å². The minimum atomic E-state index is -1.37. The fourth-order valence-electron chi connectivity index (χ4n) is 2.87. The summed E-state index contributed by atoms with van der Waals surface area (Å²) in [5, 5.41) is 36.7. The number of aliphatic hydroxyl groups is 3. The summed E-state index contributed by atoms with van der Waals surface area (Å²) in [7, 11) is 0. The molecule has 11 heteroatoms. The standard InChI is InChI=1S/C24H39N3O7S/c1-14-7-9-17(10-8-14)12-35-13-19(21(31)25-18(11-28)15(2)29)26-22(32)20(16(3)30)27-23(33)34-24(4,5)6/h7-10,15-16,18-20,28-30H,11-13H2,1-6H3,(H,25,31)(H,26,32)(H,27,33)/t15-,16-,18-,19+,20+/m1/s1. The number of ether oxygens (including phenoxy) is 1. The highest BCUT2D eigenvalue weighted by atomic mass is 32.2. The zero-order valence-corrected chi connectivity index (χ0v) is 22.0. The van der Waals surface area contributed by atoms with Crippen LogP contribution in [0.4, 0.5) is 4.79 Å². The summed E-state index contributed by atoms with van der Waals surface area (Å²) in [6.45, 7) is 9.24. The molecule has 10 nitrogen and oxygen atoms in total. The van der Waals surface area contributed by atoms with Crippen molar-refractivity contribution in [2.75, 3.05) is 12.4 Å². The van der Waals surface area contributed by atoms with Gasteiger partial charge in [-0.2, -0.15) is 11.8 Å². The molecular formula is C24H39N3O7S. The van der Waals surface area contributed by atoms with Crippen LogP contribution in [0, 0.1) is 6.92 Å². The molecule has 35 heavy (non-hydrogen) atoms. The molecule has 0 fully saturated rings. The van der Waals surface area contributed by atoms with Gasteiger partial charge in [-0.25, -0.2) is 4.79 Å². The van der Waals surface area contributed by atoms with Gasteiger partial charge in [0.15, 0.2) is 0 Å². The fourth-order valence-corrected chi connectivity index (χ4v) is 3.88. The molecule has 0 saturated carbocycles. The summed E-state index contributed by atoms with van der Waals surface area (Å²) in [4.78, 5) is 38.0. The zero-order valence-electron chi connectivity index (χ0n) is 21.2. The number of thioether (sulfide) groups is 1. The van der Waals surface area contributed by atoms with E-state index in [1.807, 2.05) is 31.2 Å². The molecule has 5 atom stereocenters. The van der Waals surface area contributed by atoms with Crippen molar-refractivity contribution < 1.29 is 34.4 Å². The first-order valence-electron chi connectivity index (χ1n) is 11.4. The van der Waals surface area contributed by atoms with E-state index in [0.717, 1.165) is 11.1 Å². The first kappa shape index (κ1) is 30.7. The SMILES string of the molecule is Cc1ccc(CSC[C@H](NC(=O)[C@@H](NC(=O)OC(C)(C)C)[C@@H](C)O)C(=O)N[C@H](CO)[C@@H](C)O)cc1. The van der Waals surface area contributed by atoms with Crippen molar-refractivity contribution in [2.45, 2.75) is 83.2 Å². The first-order valence-corrected chi connectivity index (χ1v) is 12.6. The van der Waals surface area contributed by atoms with Gasteiger partial charge < -0.3 is 36.0 Å². The van der Waals surface area contributed by atoms with Gasteiger partial charge in [-0.05, 0) is 47.1 Å². The molecule has 0 saturated heterocycles. The van der Waals surface area contributed by atoms with E-state index < -0.39 is 60.4 Å². The molecule has 0 aromatic heterocycles. The van der Waals surface area contributed by atoms with Crippen molar-refractivity contribution in [3.63, 3.8) is 0 Å². The molecule has 0 spiro atoms. The molecule has 0 radical (unpaired) electrons. The van der Waals surface area contributed by atoms with Crippen LogP contribution in [0.15, 0.2) is 24.3 Å². The van der Waals surface area contributed by atoms with E-state index in [-0.39, 0.29) is 5.75 Å². The van der Waals surface area contributed by atoms with Crippen LogP contribution in [-0.4, -0.2) is 81.5 Å². The number of nitrogens with one attached hydrogen (secondary N) is 3. The number of alkyl carbamates (subject to hydrolysis) is 1. The molecule has 3 amide bonds. The summed E-state index contributed by atoms with van der Waals surface area (Å²) in [5.41, 5.74) is 1.36. The number of rotatable bonds is 12. The van der Waals surface area contributed by atoms with Gasteiger partial charge in [0.25, 0.3) is 0 Å². The summed E-state index contributed by atoms with van der Waals surface area (Å²) in [5.74, 6) is -0.645. The second-order valence-electron chi connectivity index (χ2n) is 9.46. The Kier molecular flexibility index (Phi) is 12.5. The Morgan fingerprint density at radius 2 is 1.57 bits per heavy atom. The number of carbonyl (C=O) groups excluding carboxylic acids is 3. The molecule has 1 aromatic rings. The van der Waals surface area contributed by atoms with Crippen molar-refractivity contribution in [1.82, 2.24) is 16.0 Å². The second kappa shape index (κ2) is 14.3. The third-order valence-corrected chi connectivity index (χ3v) is 5.96. The second-order valence-corrected chi connectivity index (χ2v) is 10.5. The maximum Gasteiger partial charge on any atom is 0.408 e. The number of carbonyl (C=O) groups is 3. The lowest BCUT2D eigenvalue weighted by Crippen LogP contribution is -2.59. The fraction of sp³-hybridized carbons (Fsp3) is 0.625. The van der Waals surface area contributed by atoms with Crippen molar-refractivity contribution in [2.24, 2.45) is 0 Å². The molecule has 198 valence electrons. The Hall–Kier alpha value is -2.34. The smallest absolute Gasteiger partial charge is 0.408 e. The van der Waals surface area contributed by atoms with Crippen LogP contribution in [0.2, 0.25) is 0 Å². The van der Waals surface area contributed by atoms with Gasteiger partial charge >= 0.3 is 6.09 Å². The van der Waals surface area contributed by atoms with E-state index in [2.05, 4.69) is 16.0 Å². The van der Waals surface area contributed by atoms with Crippen molar-refractivity contribution in [3.8, 4) is 0 Å². The topological polar surface area (TPSA) is 157 Å². The van der Waals surface area contributed by atoms with Gasteiger partial charge in [0.1, 0.15) is 17.7 Å². The van der Waals surface area contributed by atoms with E-state index >= 15 is 0 Å². The van der Waals surface area contributed by atoms with Crippen LogP contribution in [0.25, 0.3) is 0 Å². The average Bonchev–Trinajstić information content (AvgIpc) is 2.74. The lowest BCUT2D eigenvalue weighted by molar-refractivity contribution is -0.131.